The third-order valence-electron chi connectivity index (χ3n) is 7.78. The summed E-state index contributed by atoms with van der Waals surface area (Å²) in [5.74, 6) is -0.111. The number of rotatable bonds is 8. The number of ether oxygens (including phenoxy) is 1. The molecule has 0 spiro atoms. The van der Waals surface area contributed by atoms with E-state index in [4.69, 9.17) is 32.9 Å². The van der Waals surface area contributed by atoms with Crippen LogP contribution in [0.1, 0.15) is 47.2 Å². The Morgan fingerprint density at radius 2 is 1.74 bits per heavy atom. The van der Waals surface area contributed by atoms with Crippen molar-refractivity contribution >= 4 is 34.8 Å². The molecule has 1 aliphatic rings. The predicted molar refractivity (Wildman–Crippen MR) is 169 cm³/mol. The molecule has 5 rings (SSSR count). The number of amides is 1. The van der Waals surface area contributed by atoms with Crippen LogP contribution in [0.2, 0.25) is 10.0 Å². The molecule has 1 unspecified atom stereocenters. The van der Waals surface area contributed by atoms with Crippen molar-refractivity contribution in [2.45, 2.75) is 51.3 Å². The summed E-state index contributed by atoms with van der Waals surface area (Å²) in [6.07, 6.45) is 5.01. The maximum atomic E-state index is 13.1. The average Bonchev–Trinajstić information content (AvgIpc) is 3.00. The average molecular weight is 623 g/mol. The molecule has 3 N–H and O–H groups in total. The number of aryl methyl sites for hydroxylation is 2. The molecule has 1 saturated carbocycles. The van der Waals surface area contributed by atoms with E-state index in [-0.39, 0.29) is 22.7 Å². The molecule has 0 aliphatic heterocycles. The molecule has 1 aliphatic carbocycles. The van der Waals surface area contributed by atoms with Crippen LogP contribution in [0.15, 0.2) is 59.5 Å². The molecule has 2 atom stereocenters. The second-order valence-corrected chi connectivity index (χ2v) is 11.4. The fourth-order valence-electron chi connectivity index (χ4n) is 5.38. The molecule has 43 heavy (non-hydrogen) atoms. The minimum absolute atomic E-state index is 0.00686. The van der Waals surface area contributed by atoms with Crippen molar-refractivity contribution in [3.05, 3.63) is 91.8 Å². The number of aliphatic hydroxyl groups is 1. The first-order valence-electron chi connectivity index (χ1n) is 14.1. The number of aromatic nitrogens is 3. The van der Waals surface area contributed by atoms with E-state index in [9.17, 15) is 14.7 Å². The van der Waals surface area contributed by atoms with Crippen LogP contribution in [0, 0.1) is 6.92 Å². The summed E-state index contributed by atoms with van der Waals surface area (Å²) >= 11 is 13.8. The number of nitrogens with zero attached hydrogens (tertiary/aromatic N) is 3. The molecule has 2 aromatic heterocycles. The van der Waals surface area contributed by atoms with Gasteiger partial charge in [0, 0.05) is 41.9 Å². The molecule has 1 amide bonds. The third kappa shape index (κ3) is 6.45. The van der Waals surface area contributed by atoms with E-state index in [1.54, 1.807) is 26.2 Å². The monoisotopic (exact) mass is 621 g/mol. The van der Waals surface area contributed by atoms with Gasteiger partial charge in [-0.2, -0.15) is 5.10 Å². The Morgan fingerprint density at radius 1 is 1.05 bits per heavy atom. The Balaban J connectivity index is 1.42. The second kappa shape index (κ2) is 13.3. The number of hydrogen-bond acceptors (Lipinski definition) is 7. The highest BCUT2D eigenvalue weighted by Crippen LogP contribution is 2.41. The number of pyridine rings is 1. The van der Waals surface area contributed by atoms with E-state index in [0.717, 1.165) is 35.9 Å². The van der Waals surface area contributed by atoms with Gasteiger partial charge < -0.3 is 20.5 Å². The van der Waals surface area contributed by atoms with Crippen LogP contribution < -0.4 is 20.9 Å². The zero-order chi connectivity index (χ0) is 30.7. The van der Waals surface area contributed by atoms with E-state index >= 15 is 0 Å². The number of nitrogens with one attached hydrogen (secondary N) is 2. The normalized spacial score (nSPS) is 16.6. The number of anilines is 1. The van der Waals surface area contributed by atoms with Gasteiger partial charge in [-0.1, -0.05) is 72.4 Å². The van der Waals surface area contributed by atoms with E-state index in [1.165, 1.54) is 13.2 Å². The van der Waals surface area contributed by atoms with E-state index < -0.39 is 11.5 Å². The van der Waals surface area contributed by atoms with Crippen molar-refractivity contribution in [2.24, 2.45) is 7.05 Å². The van der Waals surface area contributed by atoms with Gasteiger partial charge in [0.1, 0.15) is 5.56 Å². The fraction of sp³-hybridized carbons (Fsp3) is 0.312. The maximum Gasteiger partial charge on any atom is 0.279 e. The number of carbonyl (C=O) groups is 1. The molecule has 2 heterocycles. The van der Waals surface area contributed by atoms with Gasteiger partial charge in [-0.25, -0.2) is 9.67 Å². The molecule has 11 heteroatoms. The van der Waals surface area contributed by atoms with Crippen molar-refractivity contribution in [1.82, 2.24) is 20.1 Å². The lowest BCUT2D eigenvalue weighted by Crippen LogP contribution is -2.41. The lowest BCUT2D eigenvalue weighted by molar-refractivity contribution is 0.0901. The van der Waals surface area contributed by atoms with Crippen molar-refractivity contribution in [3.63, 3.8) is 0 Å². The van der Waals surface area contributed by atoms with Gasteiger partial charge in [0.25, 0.3) is 11.5 Å². The molecule has 4 aromatic rings. The standard InChI is InChI=1S/C32H33Cl2N5O4/c1-18-16-36-39(2)32(42)27(18)30(41)37-25-12-7-9-21(29(25)34)20-8-6-10-22(28(20)33)23-15-14-19(31(38-23)43-3)17-35-24-11-4-5-13-26(24)40/h6-10,12,14-16,24,26,35,40H,4-5,11,13,17H2,1-3H3,(H,37,41)/t24?,26-/m0/s1. The van der Waals surface area contributed by atoms with E-state index in [0.29, 0.717) is 51.1 Å². The highest BCUT2D eigenvalue weighted by molar-refractivity contribution is 6.39. The Bertz CT molecular complexity index is 1720. The largest absolute Gasteiger partial charge is 0.481 e. The van der Waals surface area contributed by atoms with Gasteiger partial charge in [-0.15, -0.1) is 0 Å². The Labute approximate surface area is 259 Å². The lowest BCUT2D eigenvalue weighted by atomic mass is 9.92. The molecule has 1 fully saturated rings. The number of aliphatic hydroxyl groups excluding tert-OH is 1. The molecular formula is C32H33Cl2N5O4. The molecular weight excluding hydrogens is 589 g/mol. The van der Waals surface area contributed by atoms with Crippen LogP contribution >= 0.6 is 23.2 Å². The van der Waals surface area contributed by atoms with Crippen molar-refractivity contribution in [1.29, 1.82) is 0 Å². The summed E-state index contributed by atoms with van der Waals surface area (Å²) in [4.78, 5) is 30.4. The zero-order valence-corrected chi connectivity index (χ0v) is 25.7. The predicted octanol–water partition coefficient (Wildman–Crippen LogP) is 5.78. The fourth-order valence-corrected chi connectivity index (χ4v) is 5.98. The Hall–Kier alpha value is -3.76. The van der Waals surface area contributed by atoms with Gasteiger partial charge in [0.2, 0.25) is 5.88 Å². The number of methoxy groups -OCH3 is 1. The first-order chi connectivity index (χ1) is 20.7. The van der Waals surface area contributed by atoms with E-state index in [2.05, 4.69) is 15.7 Å². The summed E-state index contributed by atoms with van der Waals surface area (Å²) < 4.78 is 6.73. The van der Waals surface area contributed by atoms with Crippen LogP contribution in [0.3, 0.4) is 0 Å². The highest BCUT2D eigenvalue weighted by atomic mass is 35.5. The summed E-state index contributed by atoms with van der Waals surface area (Å²) in [6.45, 7) is 2.17. The van der Waals surface area contributed by atoms with Crippen LogP contribution in [0.5, 0.6) is 5.88 Å². The zero-order valence-electron chi connectivity index (χ0n) is 24.2. The number of carbonyl (C=O) groups excluding carboxylic acids is 1. The molecule has 0 radical (unpaired) electrons. The number of halogens is 2. The first-order valence-corrected chi connectivity index (χ1v) is 14.8. The quantitative estimate of drug-likeness (QED) is 0.228. The number of hydrogen-bond donors (Lipinski definition) is 3. The molecule has 224 valence electrons. The molecule has 0 bridgehead atoms. The van der Waals surface area contributed by atoms with Crippen LogP contribution in [-0.2, 0) is 13.6 Å². The smallest absolute Gasteiger partial charge is 0.279 e. The summed E-state index contributed by atoms with van der Waals surface area (Å²) in [6, 6.07) is 14.7. The summed E-state index contributed by atoms with van der Waals surface area (Å²) in [5.41, 5.74) is 3.71. The first kappa shape index (κ1) is 30.7. The van der Waals surface area contributed by atoms with Crippen molar-refractivity contribution in [3.8, 4) is 28.3 Å². The van der Waals surface area contributed by atoms with Gasteiger partial charge in [0.05, 0.1) is 40.8 Å². The Kier molecular flexibility index (Phi) is 9.46. The minimum Gasteiger partial charge on any atom is -0.481 e. The van der Waals surface area contributed by atoms with Gasteiger partial charge >= 0.3 is 0 Å². The second-order valence-electron chi connectivity index (χ2n) is 10.6. The highest BCUT2D eigenvalue weighted by Gasteiger charge is 2.23. The third-order valence-corrected chi connectivity index (χ3v) is 8.60. The topological polar surface area (TPSA) is 118 Å². The van der Waals surface area contributed by atoms with Gasteiger partial charge in [-0.05, 0) is 37.5 Å². The summed E-state index contributed by atoms with van der Waals surface area (Å²) in [7, 11) is 3.06. The van der Waals surface area contributed by atoms with E-state index in [1.807, 2.05) is 36.4 Å². The maximum absolute atomic E-state index is 13.1. The number of benzene rings is 2. The van der Waals surface area contributed by atoms with Crippen LogP contribution in [0.4, 0.5) is 5.69 Å². The lowest BCUT2D eigenvalue weighted by Gasteiger charge is -2.28. The molecule has 9 nitrogen and oxygen atoms in total. The molecule has 0 saturated heterocycles. The van der Waals surface area contributed by atoms with Crippen LogP contribution in [0.25, 0.3) is 22.4 Å². The van der Waals surface area contributed by atoms with Crippen LogP contribution in [-0.4, -0.2) is 45.0 Å². The van der Waals surface area contributed by atoms with Gasteiger partial charge in [0.15, 0.2) is 0 Å². The molecule has 2 aromatic carbocycles. The Morgan fingerprint density at radius 3 is 2.49 bits per heavy atom. The van der Waals surface area contributed by atoms with Crippen molar-refractivity contribution in [2.75, 3.05) is 12.4 Å². The summed E-state index contributed by atoms with van der Waals surface area (Å²) in [5, 5.41) is 21.2. The van der Waals surface area contributed by atoms with Crippen molar-refractivity contribution < 1.29 is 14.6 Å². The minimum atomic E-state index is -0.580. The SMILES string of the molecule is COc1nc(-c2cccc(-c3cccc(NC(=O)c4c(C)cnn(C)c4=O)c3Cl)c2Cl)ccc1CNC1CCCC[C@@H]1O. The van der Waals surface area contributed by atoms with Gasteiger partial charge in [-0.3, -0.25) is 9.59 Å².